The standard InChI is InChI=1S/C23H22F2N4O3S/c24-22(25)32-17-9-7-16(8-10-17)27-19-6-2-1-5-18(19)21(31)29-12-3-4-15(14-29)20(30)28-23-26-11-13-33-23/h1-2,5-11,13,15,22,27H,3-4,12,14H2,(H,26,28,30). The van der Waals surface area contributed by atoms with Crippen LogP contribution < -0.4 is 15.4 Å². The number of piperidine rings is 1. The van der Waals surface area contributed by atoms with Crippen LogP contribution in [0.4, 0.5) is 25.3 Å². The molecular formula is C23H22F2N4O3S. The predicted octanol–water partition coefficient (Wildman–Crippen LogP) is 4.98. The number of amides is 2. The zero-order chi connectivity index (χ0) is 23.2. The second kappa shape index (κ2) is 10.4. The molecule has 0 saturated carbocycles. The first-order valence-electron chi connectivity index (χ1n) is 10.4. The predicted molar refractivity (Wildman–Crippen MR) is 122 cm³/mol. The molecule has 1 fully saturated rings. The minimum atomic E-state index is -2.89. The number of nitrogens with one attached hydrogen (secondary N) is 2. The molecule has 2 heterocycles. The van der Waals surface area contributed by atoms with Crippen LogP contribution in [0.25, 0.3) is 0 Å². The molecule has 0 aliphatic carbocycles. The molecule has 1 aliphatic heterocycles. The van der Waals surface area contributed by atoms with Crippen LogP contribution in [0.15, 0.2) is 60.1 Å². The average molecular weight is 473 g/mol. The number of carbonyl (C=O) groups is 2. The van der Waals surface area contributed by atoms with Gasteiger partial charge in [-0.3, -0.25) is 9.59 Å². The van der Waals surface area contributed by atoms with Gasteiger partial charge in [-0.05, 0) is 49.2 Å². The van der Waals surface area contributed by atoms with Crippen LogP contribution in [0.2, 0.25) is 0 Å². The molecule has 10 heteroatoms. The Balaban J connectivity index is 1.44. The van der Waals surface area contributed by atoms with Gasteiger partial charge < -0.3 is 20.3 Å². The van der Waals surface area contributed by atoms with Gasteiger partial charge in [0.1, 0.15) is 5.75 Å². The maximum Gasteiger partial charge on any atom is 0.387 e. The molecule has 1 aromatic heterocycles. The number of rotatable bonds is 7. The molecule has 0 spiro atoms. The first-order valence-corrected chi connectivity index (χ1v) is 11.3. The third-order valence-corrected chi connectivity index (χ3v) is 5.95. The van der Waals surface area contributed by atoms with Gasteiger partial charge in [-0.25, -0.2) is 4.98 Å². The summed E-state index contributed by atoms with van der Waals surface area (Å²) in [7, 11) is 0. The number of para-hydroxylation sites is 1. The molecule has 1 atom stereocenters. The number of thiazole rings is 1. The van der Waals surface area contributed by atoms with Crippen LogP contribution >= 0.6 is 11.3 Å². The largest absolute Gasteiger partial charge is 0.435 e. The van der Waals surface area contributed by atoms with E-state index in [9.17, 15) is 18.4 Å². The maximum atomic E-state index is 13.3. The monoisotopic (exact) mass is 472 g/mol. The molecule has 0 radical (unpaired) electrons. The topological polar surface area (TPSA) is 83.6 Å². The van der Waals surface area contributed by atoms with Crippen LogP contribution in [-0.2, 0) is 4.79 Å². The molecule has 1 unspecified atom stereocenters. The van der Waals surface area contributed by atoms with Gasteiger partial charge >= 0.3 is 6.61 Å². The van der Waals surface area contributed by atoms with Gasteiger partial charge in [0.05, 0.1) is 17.2 Å². The minimum Gasteiger partial charge on any atom is -0.435 e. The number of aromatic nitrogens is 1. The van der Waals surface area contributed by atoms with Gasteiger partial charge in [0.25, 0.3) is 5.91 Å². The summed E-state index contributed by atoms with van der Waals surface area (Å²) in [6.45, 7) is -2.00. The van der Waals surface area contributed by atoms with E-state index in [0.29, 0.717) is 41.6 Å². The van der Waals surface area contributed by atoms with Gasteiger partial charge in [-0.1, -0.05) is 12.1 Å². The summed E-state index contributed by atoms with van der Waals surface area (Å²) in [6.07, 6.45) is 3.05. The van der Waals surface area contributed by atoms with E-state index in [4.69, 9.17) is 0 Å². The van der Waals surface area contributed by atoms with E-state index in [2.05, 4.69) is 20.4 Å². The molecule has 1 aliphatic rings. The van der Waals surface area contributed by atoms with Crippen molar-refractivity contribution in [1.29, 1.82) is 0 Å². The highest BCUT2D eigenvalue weighted by Gasteiger charge is 2.30. The Labute approximate surface area is 193 Å². The Morgan fingerprint density at radius 2 is 1.94 bits per heavy atom. The Hall–Kier alpha value is -3.53. The lowest BCUT2D eigenvalue weighted by Gasteiger charge is -2.32. The summed E-state index contributed by atoms with van der Waals surface area (Å²) in [6, 6.07) is 13.1. The van der Waals surface area contributed by atoms with Crippen LogP contribution in [0, 0.1) is 5.92 Å². The highest BCUT2D eigenvalue weighted by atomic mass is 32.1. The molecule has 3 aromatic rings. The summed E-state index contributed by atoms with van der Waals surface area (Å²) in [5.41, 5.74) is 1.67. The quantitative estimate of drug-likeness (QED) is 0.507. The van der Waals surface area contributed by atoms with E-state index in [-0.39, 0.29) is 23.5 Å². The first kappa shape index (κ1) is 22.7. The fourth-order valence-electron chi connectivity index (χ4n) is 3.69. The van der Waals surface area contributed by atoms with Crippen molar-refractivity contribution in [2.75, 3.05) is 23.7 Å². The van der Waals surface area contributed by atoms with Gasteiger partial charge in [-0.2, -0.15) is 8.78 Å². The molecular weight excluding hydrogens is 450 g/mol. The molecule has 7 nitrogen and oxygen atoms in total. The number of hydrogen-bond acceptors (Lipinski definition) is 6. The van der Waals surface area contributed by atoms with Gasteiger partial charge in [-0.15, -0.1) is 11.3 Å². The van der Waals surface area contributed by atoms with Gasteiger partial charge in [0, 0.05) is 30.4 Å². The van der Waals surface area contributed by atoms with Crippen LogP contribution in [-0.4, -0.2) is 41.4 Å². The van der Waals surface area contributed by atoms with Crippen LogP contribution in [0.5, 0.6) is 5.75 Å². The number of ether oxygens (including phenoxy) is 1. The van der Waals surface area contributed by atoms with Crippen molar-refractivity contribution in [1.82, 2.24) is 9.88 Å². The Morgan fingerprint density at radius 3 is 2.67 bits per heavy atom. The average Bonchev–Trinajstić information content (AvgIpc) is 3.33. The third kappa shape index (κ3) is 5.83. The zero-order valence-electron chi connectivity index (χ0n) is 17.5. The van der Waals surface area contributed by atoms with E-state index in [1.54, 1.807) is 52.9 Å². The summed E-state index contributed by atoms with van der Waals surface area (Å²) >= 11 is 1.35. The van der Waals surface area contributed by atoms with Crippen LogP contribution in [0.1, 0.15) is 23.2 Å². The number of alkyl halides is 2. The van der Waals surface area contributed by atoms with Crippen molar-refractivity contribution in [2.24, 2.45) is 5.92 Å². The summed E-state index contributed by atoms with van der Waals surface area (Å²) in [5, 5.41) is 8.30. The summed E-state index contributed by atoms with van der Waals surface area (Å²) in [5.74, 6) is -0.577. The number of carbonyl (C=O) groups excluding carboxylic acids is 2. The SMILES string of the molecule is O=C(Nc1nccs1)C1CCCN(C(=O)c2ccccc2Nc2ccc(OC(F)F)cc2)C1. The molecule has 33 heavy (non-hydrogen) atoms. The molecule has 2 amide bonds. The van der Waals surface area contributed by atoms with E-state index in [1.165, 1.54) is 23.5 Å². The summed E-state index contributed by atoms with van der Waals surface area (Å²) in [4.78, 5) is 31.7. The molecule has 1 saturated heterocycles. The number of halogens is 2. The second-order valence-electron chi connectivity index (χ2n) is 7.49. The summed E-state index contributed by atoms with van der Waals surface area (Å²) < 4.78 is 29.1. The molecule has 172 valence electrons. The normalized spacial score (nSPS) is 15.8. The Bertz CT molecular complexity index is 1090. The number of nitrogens with zero attached hydrogens (tertiary/aromatic N) is 2. The van der Waals surface area contributed by atoms with Crippen molar-refractivity contribution in [3.8, 4) is 5.75 Å². The number of anilines is 3. The van der Waals surface area contributed by atoms with Crippen molar-refractivity contribution in [2.45, 2.75) is 19.5 Å². The molecule has 2 N–H and O–H groups in total. The first-order chi connectivity index (χ1) is 16.0. The van der Waals surface area contributed by atoms with Crippen molar-refractivity contribution >= 4 is 39.7 Å². The zero-order valence-corrected chi connectivity index (χ0v) is 18.4. The van der Waals surface area contributed by atoms with Crippen molar-refractivity contribution in [3.63, 3.8) is 0 Å². The van der Waals surface area contributed by atoms with Crippen molar-refractivity contribution in [3.05, 3.63) is 65.7 Å². The fraction of sp³-hybridized carbons (Fsp3) is 0.261. The van der Waals surface area contributed by atoms with Crippen LogP contribution in [0.3, 0.4) is 0 Å². The Morgan fingerprint density at radius 1 is 1.15 bits per heavy atom. The van der Waals surface area contributed by atoms with E-state index in [0.717, 1.165) is 6.42 Å². The smallest absolute Gasteiger partial charge is 0.387 e. The number of benzene rings is 2. The van der Waals surface area contributed by atoms with E-state index >= 15 is 0 Å². The molecule has 4 rings (SSSR count). The Kier molecular flexibility index (Phi) is 7.13. The fourth-order valence-corrected chi connectivity index (χ4v) is 4.22. The lowest BCUT2D eigenvalue weighted by atomic mass is 9.96. The lowest BCUT2D eigenvalue weighted by molar-refractivity contribution is -0.121. The van der Waals surface area contributed by atoms with Crippen molar-refractivity contribution < 1.29 is 23.1 Å². The highest BCUT2D eigenvalue weighted by molar-refractivity contribution is 7.13. The highest BCUT2D eigenvalue weighted by Crippen LogP contribution is 2.27. The third-order valence-electron chi connectivity index (χ3n) is 5.26. The molecule has 2 aromatic carbocycles. The second-order valence-corrected chi connectivity index (χ2v) is 8.38. The number of hydrogen-bond donors (Lipinski definition) is 2. The number of likely N-dealkylation sites (tertiary alicyclic amines) is 1. The molecule has 0 bridgehead atoms. The maximum absolute atomic E-state index is 13.3. The minimum absolute atomic E-state index is 0.0512. The van der Waals surface area contributed by atoms with E-state index < -0.39 is 6.61 Å². The lowest BCUT2D eigenvalue weighted by Crippen LogP contribution is -2.43. The van der Waals surface area contributed by atoms with Gasteiger partial charge in [0.15, 0.2) is 5.13 Å². The van der Waals surface area contributed by atoms with Gasteiger partial charge in [0.2, 0.25) is 5.91 Å². The van der Waals surface area contributed by atoms with E-state index in [1.807, 2.05) is 0 Å².